The number of sulfonamides is 1. The number of carbonyl (C=O) groups excluding carboxylic acids is 1. The van der Waals surface area contributed by atoms with Gasteiger partial charge in [0.25, 0.3) is 5.91 Å². The number of hydrogen-bond donors (Lipinski definition) is 1. The third-order valence-electron chi connectivity index (χ3n) is 7.66. The van der Waals surface area contributed by atoms with E-state index in [4.69, 9.17) is 4.42 Å². The monoisotopic (exact) mass is 610 g/mol. The van der Waals surface area contributed by atoms with Gasteiger partial charge in [0.05, 0.1) is 34.9 Å². The molecule has 1 amide bonds. The zero-order valence-electron chi connectivity index (χ0n) is 24.3. The van der Waals surface area contributed by atoms with Crippen LogP contribution in [0.4, 0.5) is 10.1 Å². The van der Waals surface area contributed by atoms with Crippen LogP contribution >= 0.6 is 0 Å². The lowest BCUT2D eigenvalue weighted by Gasteiger charge is -2.25. The highest BCUT2D eigenvalue weighted by atomic mass is 32.2. The molecule has 4 aromatic carbocycles. The number of hydrogen-bond acceptors (Lipinski definition) is 5. The SMILES string of the molecule is CNC(=O)c1c(-c2ccc(F)cc2)oc2cc(N(CCCCn3cnc4ccccc43)S(C)(=O)=O)c(-c3ccccc3)cc12. The lowest BCUT2D eigenvalue weighted by Crippen LogP contribution is -2.31. The zero-order valence-corrected chi connectivity index (χ0v) is 25.1. The Morgan fingerprint density at radius 2 is 1.68 bits per heavy atom. The van der Waals surface area contributed by atoms with Crippen LogP contribution in [0.2, 0.25) is 0 Å². The number of fused-ring (bicyclic) bond motifs is 2. The number of aromatic nitrogens is 2. The number of nitrogens with zero attached hydrogens (tertiary/aromatic N) is 3. The Hall–Kier alpha value is -4.96. The highest BCUT2D eigenvalue weighted by Crippen LogP contribution is 2.41. The first kappa shape index (κ1) is 29.1. The van der Waals surface area contributed by atoms with Gasteiger partial charge in [0.2, 0.25) is 10.0 Å². The number of rotatable bonds is 10. The molecule has 44 heavy (non-hydrogen) atoms. The van der Waals surface area contributed by atoms with Crippen molar-refractivity contribution in [3.63, 3.8) is 0 Å². The number of anilines is 1. The van der Waals surface area contributed by atoms with Gasteiger partial charge in [-0.25, -0.2) is 17.8 Å². The Labute approximate surface area is 254 Å². The van der Waals surface area contributed by atoms with E-state index < -0.39 is 15.8 Å². The average molecular weight is 611 g/mol. The van der Waals surface area contributed by atoms with E-state index in [1.807, 2.05) is 54.6 Å². The number of para-hydroxylation sites is 2. The molecule has 0 bridgehead atoms. The normalized spacial score (nSPS) is 11.7. The number of nitrogens with one attached hydrogen (secondary N) is 1. The minimum Gasteiger partial charge on any atom is -0.455 e. The van der Waals surface area contributed by atoms with Crippen molar-refractivity contribution in [3.05, 3.63) is 109 Å². The van der Waals surface area contributed by atoms with Crippen molar-refractivity contribution in [2.24, 2.45) is 0 Å². The fraction of sp³-hybridized carbons (Fsp3) is 0.176. The fourth-order valence-electron chi connectivity index (χ4n) is 5.53. The number of benzene rings is 4. The molecular formula is C34H31FN4O4S. The fourth-order valence-corrected chi connectivity index (χ4v) is 6.50. The second-order valence-electron chi connectivity index (χ2n) is 10.6. The number of imidazole rings is 1. The van der Waals surface area contributed by atoms with Crippen LogP contribution in [0.15, 0.2) is 102 Å². The molecule has 0 saturated heterocycles. The first-order chi connectivity index (χ1) is 21.2. The van der Waals surface area contributed by atoms with Crippen LogP contribution in [0.25, 0.3) is 44.5 Å². The Balaban J connectivity index is 1.42. The van der Waals surface area contributed by atoms with Crippen LogP contribution in [0.3, 0.4) is 0 Å². The molecule has 0 spiro atoms. The molecule has 0 aliphatic rings. The maximum absolute atomic E-state index is 13.7. The second-order valence-corrected chi connectivity index (χ2v) is 12.5. The summed E-state index contributed by atoms with van der Waals surface area (Å²) in [6.07, 6.45) is 4.32. The van der Waals surface area contributed by atoms with Gasteiger partial charge >= 0.3 is 0 Å². The van der Waals surface area contributed by atoms with Gasteiger partial charge in [-0.05, 0) is 60.9 Å². The highest BCUT2D eigenvalue weighted by molar-refractivity contribution is 7.92. The van der Waals surface area contributed by atoms with Crippen LogP contribution in [-0.2, 0) is 16.6 Å². The minimum absolute atomic E-state index is 0.241. The molecule has 0 aliphatic heterocycles. The van der Waals surface area contributed by atoms with E-state index in [0.29, 0.717) is 40.7 Å². The molecule has 0 saturated carbocycles. The summed E-state index contributed by atoms with van der Waals surface area (Å²) in [6.45, 7) is 0.933. The highest BCUT2D eigenvalue weighted by Gasteiger charge is 2.27. The van der Waals surface area contributed by atoms with Crippen molar-refractivity contribution in [2.75, 3.05) is 24.2 Å². The predicted octanol–water partition coefficient (Wildman–Crippen LogP) is 6.86. The molecule has 6 aromatic rings. The number of carbonyl (C=O) groups is 1. The molecule has 8 nitrogen and oxygen atoms in total. The van der Waals surface area contributed by atoms with Gasteiger partial charge in [-0.1, -0.05) is 42.5 Å². The number of furan rings is 1. The summed E-state index contributed by atoms with van der Waals surface area (Å²) < 4.78 is 50.1. The lowest BCUT2D eigenvalue weighted by molar-refractivity contribution is 0.0964. The summed E-state index contributed by atoms with van der Waals surface area (Å²) in [5.74, 6) is -0.513. The van der Waals surface area contributed by atoms with E-state index in [9.17, 15) is 17.6 Å². The van der Waals surface area contributed by atoms with Crippen LogP contribution < -0.4 is 9.62 Å². The van der Waals surface area contributed by atoms with Gasteiger partial charge in [-0.2, -0.15) is 0 Å². The van der Waals surface area contributed by atoms with E-state index in [1.165, 1.54) is 29.7 Å². The number of halogens is 1. The van der Waals surface area contributed by atoms with Gasteiger partial charge in [0.1, 0.15) is 17.2 Å². The molecule has 6 rings (SSSR count). The minimum atomic E-state index is -3.72. The zero-order chi connectivity index (χ0) is 30.8. The molecule has 1 N–H and O–H groups in total. The van der Waals surface area contributed by atoms with E-state index in [0.717, 1.165) is 23.0 Å². The molecule has 0 aliphatic carbocycles. The molecule has 2 heterocycles. The van der Waals surface area contributed by atoms with Crippen molar-refractivity contribution in [1.82, 2.24) is 14.9 Å². The van der Waals surface area contributed by atoms with Gasteiger partial charge in [0.15, 0.2) is 0 Å². The lowest BCUT2D eigenvalue weighted by atomic mass is 9.98. The van der Waals surface area contributed by atoms with Gasteiger partial charge < -0.3 is 14.3 Å². The molecule has 0 atom stereocenters. The van der Waals surface area contributed by atoms with Crippen LogP contribution in [0.5, 0.6) is 0 Å². The summed E-state index contributed by atoms with van der Waals surface area (Å²) in [7, 11) is -2.19. The number of unbranched alkanes of at least 4 members (excludes halogenated alkanes) is 1. The number of aryl methyl sites for hydroxylation is 1. The van der Waals surface area contributed by atoms with Gasteiger partial charge in [-0.3, -0.25) is 9.10 Å². The maximum atomic E-state index is 13.7. The summed E-state index contributed by atoms with van der Waals surface area (Å²) in [4.78, 5) is 17.6. The summed E-state index contributed by atoms with van der Waals surface area (Å²) in [5.41, 5.74) is 4.98. The van der Waals surface area contributed by atoms with E-state index in [1.54, 1.807) is 30.6 Å². The Morgan fingerprint density at radius 3 is 2.41 bits per heavy atom. The van der Waals surface area contributed by atoms with Crippen molar-refractivity contribution >= 4 is 43.6 Å². The van der Waals surface area contributed by atoms with Crippen molar-refractivity contribution < 1.29 is 22.0 Å². The van der Waals surface area contributed by atoms with E-state index in [-0.39, 0.29) is 23.8 Å². The average Bonchev–Trinajstić information content (AvgIpc) is 3.61. The van der Waals surface area contributed by atoms with Crippen LogP contribution in [0, 0.1) is 5.82 Å². The van der Waals surface area contributed by atoms with Gasteiger partial charge in [0, 0.05) is 42.7 Å². The molecule has 0 fully saturated rings. The van der Waals surface area contributed by atoms with E-state index >= 15 is 0 Å². The third-order valence-corrected chi connectivity index (χ3v) is 8.84. The second kappa shape index (κ2) is 12.0. The number of amides is 1. The molecule has 224 valence electrons. The Morgan fingerprint density at radius 1 is 0.955 bits per heavy atom. The molecular weight excluding hydrogens is 579 g/mol. The maximum Gasteiger partial charge on any atom is 0.255 e. The quantitative estimate of drug-likeness (QED) is 0.171. The first-order valence-electron chi connectivity index (χ1n) is 14.3. The standard InChI is InChI=1S/C34H31FN4O4S/c1-36-34(40)32-27-20-26(23-10-4-3-5-11-23)30(21-31(27)43-33(32)24-14-16-25(35)17-15-24)39(44(2,41)42)19-9-8-18-38-22-37-28-12-6-7-13-29(28)38/h3-7,10-17,20-22H,8-9,18-19H2,1-2H3,(H,36,40). The predicted molar refractivity (Wildman–Crippen MR) is 172 cm³/mol. The van der Waals surface area contributed by atoms with Gasteiger partial charge in [-0.15, -0.1) is 0 Å². The topological polar surface area (TPSA) is 97.4 Å². The Kier molecular flexibility index (Phi) is 7.92. The largest absolute Gasteiger partial charge is 0.455 e. The van der Waals surface area contributed by atoms with Crippen LogP contribution in [-0.4, -0.2) is 43.7 Å². The third kappa shape index (κ3) is 5.68. The summed E-state index contributed by atoms with van der Waals surface area (Å²) in [5, 5.41) is 3.19. The van der Waals surface area contributed by atoms with E-state index in [2.05, 4.69) is 14.9 Å². The molecule has 0 radical (unpaired) electrons. The summed E-state index contributed by atoms with van der Waals surface area (Å²) in [6, 6.07) is 26.5. The van der Waals surface area contributed by atoms with Crippen molar-refractivity contribution in [2.45, 2.75) is 19.4 Å². The van der Waals surface area contributed by atoms with Crippen LogP contribution in [0.1, 0.15) is 23.2 Å². The van der Waals surface area contributed by atoms with Crippen molar-refractivity contribution in [1.29, 1.82) is 0 Å². The molecule has 10 heteroatoms. The Bertz CT molecular complexity index is 2070. The molecule has 0 unspecified atom stereocenters. The van der Waals surface area contributed by atoms with Crippen molar-refractivity contribution in [3.8, 4) is 22.5 Å². The smallest absolute Gasteiger partial charge is 0.255 e. The molecule has 2 aromatic heterocycles. The first-order valence-corrected chi connectivity index (χ1v) is 16.1. The summed E-state index contributed by atoms with van der Waals surface area (Å²) >= 11 is 0.